The van der Waals surface area contributed by atoms with Crippen molar-refractivity contribution in [3.8, 4) is 5.75 Å². The van der Waals surface area contributed by atoms with Crippen molar-refractivity contribution < 1.29 is 9.53 Å². The van der Waals surface area contributed by atoms with Gasteiger partial charge in [-0.3, -0.25) is 4.79 Å². The smallest absolute Gasteiger partial charge is 0.252 e. The van der Waals surface area contributed by atoms with Crippen molar-refractivity contribution in [3.05, 3.63) is 58.4 Å². The molecule has 5 heteroatoms. The van der Waals surface area contributed by atoms with Crippen LogP contribution in [0.15, 0.2) is 47.5 Å². The third-order valence-corrected chi connectivity index (χ3v) is 5.52. The van der Waals surface area contributed by atoms with Gasteiger partial charge in [0.2, 0.25) is 0 Å². The van der Waals surface area contributed by atoms with Gasteiger partial charge < -0.3 is 9.30 Å². The van der Waals surface area contributed by atoms with Crippen LogP contribution in [0, 0.1) is 0 Å². The first-order valence-corrected chi connectivity index (χ1v) is 9.71. The first-order valence-electron chi connectivity index (χ1n) is 8.89. The Labute approximate surface area is 157 Å². The lowest BCUT2D eigenvalue weighted by Crippen LogP contribution is -2.14. The number of unbranched alkanes of at least 4 members (excludes halogenated alkanes) is 1. The van der Waals surface area contributed by atoms with E-state index in [-0.39, 0.29) is 5.91 Å². The summed E-state index contributed by atoms with van der Waals surface area (Å²) in [5.41, 5.74) is 3.40. The highest BCUT2D eigenvalue weighted by molar-refractivity contribution is 7.16. The number of rotatable bonds is 6. The number of methoxy groups -OCH3 is 1. The van der Waals surface area contributed by atoms with Gasteiger partial charge in [-0.1, -0.05) is 42.9 Å². The number of nitrogens with zero attached hydrogens (tertiary/aromatic N) is 2. The highest BCUT2D eigenvalue weighted by Gasteiger charge is 2.07. The molecule has 0 unspecified atom stereocenters. The molecule has 0 saturated carbocycles. The molecule has 4 nitrogen and oxygen atoms in total. The van der Waals surface area contributed by atoms with Gasteiger partial charge in [0.15, 0.2) is 4.80 Å². The summed E-state index contributed by atoms with van der Waals surface area (Å²) in [6.45, 7) is 2.20. The molecule has 26 heavy (non-hydrogen) atoms. The van der Waals surface area contributed by atoms with Crippen LogP contribution in [0.5, 0.6) is 5.75 Å². The molecule has 0 radical (unpaired) electrons. The second-order valence-electron chi connectivity index (χ2n) is 6.38. The van der Waals surface area contributed by atoms with E-state index < -0.39 is 0 Å². The fourth-order valence-corrected chi connectivity index (χ4v) is 3.98. The van der Waals surface area contributed by atoms with Gasteiger partial charge in [-0.2, -0.15) is 4.99 Å². The lowest BCUT2D eigenvalue weighted by atomic mass is 10.1. The quantitative estimate of drug-likeness (QED) is 0.652. The van der Waals surface area contributed by atoms with Gasteiger partial charge in [0, 0.05) is 7.05 Å². The van der Waals surface area contributed by atoms with Crippen molar-refractivity contribution in [3.63, 3.8) is 0 Å². The van der Waals surface area contributed by atoms with E-state index in [9.17, 15) is 4.79 Å². The van der Waals surface area contributed by atoms with Crippen LogP contribution < -0.4 is 9.54 Å². The summed E-state index contributed by atoms with van der Waals surface area (Å²) in [5.74, 6) is 0.649. The second kappa shape index (κ2) is 8.32. The van der Waals surface area contributed by atoms with Crippen LogP contribution in [0.1, 0.15) is 30.9 Å². The van der Waals surface area contributed by atoms with Gasteiger partial charge >= 0.3 is 0 Å². The second-order valence-corrected chi connectivity index (χ2v) is 7.39. The molecule has 0 bridgehead atoms. The molecular weight excluding hydrogens is 344 g/mol. The van der Waals surface area contributed by atoms with Gasteiger partial charge in [0.1, 0.15) is 5.75 Å². The third kappa shape index (κ3) is 4.22. The minimum absolute atomic E-state index is 0.136. The molecular formula is C21H24N2O2S. The Balaban J connectivity index is 1.83. The number of ether oxygens (including phenoxy) is 1. The molecule has 3 rings (SSSR count). The first-order chi connectivity index (χ1) is 12.6. The number of fused-ring (bicyclic) bond motifs is 1. The van der Waals surface area contributed by atoms with Crippen molar-refractivity contribution in [2.75, 3.05) is 7.11 Å². The molecule has 0 spiro atoms. The predicted molar refractivity (Wildman–Crippen MR) is 107 cm³/mol. The Morgan fingerprint density at radius 3 is 2.58 bits per heavy atom. The van der Waals surface area contributed by atoms with Crippen molar-refractivity contribution >= 4 is 27.5 Å². The van der Waals surface area contributed by atoms with Crippen molar-refractivity contribution in [2.24, 2.45) is 12.0 Å². The van der Waals surface area contributed by atoms with Crippen LogP contribution in [0.3, 0.4) is 0 Å². The number of amides is 1. The van der Waals surface area contributed by atoms with E-state index in [0.717, 1.165) is 28.1 Å². The first kappa shape index (κ1) is 18.4. The van der Waals surface area contributed by atoms with Gasteiger partial charge in [-0.05, 0) is 48.2 Å². The van der Waals surface area contributed by atoms with Crippen LogP contribution in [0.25, 0.3) is 10.2 Å². The molecule has 0 atom stereocenters. The molecule has 1 amide bonds. The standard InChI is InChI=1S/C21H24N2O2S/c1-4-5-6-15-9-12-18-19(13-15)26-21(23(18)2)22-20(24)14-16-7-10-17(25-3)11-8-16/h7-13H,4-6,14H2,1-3H3. The Morgan fingerprint density at radius 2 is 1.88 bits per heavy atom. The normalized spacial score (nSPS) is 11.9. The SMILES string of the molecule is CCCCc1ccc2c(c1)sc(=NC(=O)Cc1ccc(OC)cc1)n2C. The molecule has 1 heterocycles. The number of benzene rings is 2. The topological polar surface area (TPSA) is 43.6 Å². The summed E-state index contributed by atoms with van der Waals surface area (Å²) in [4.78, 5) is 17.4. The summed E-state index contributed by atoms with van der Waals surface area (Å²) in [6.07, 6.45) is 3.77. The minimum Gasteiger partial charge on any atom is -0.497 e. The number of carbonyl (C=O) groups excluding carboxylic acids is 1. The molecule has 0 aliphatic rings. The summed E-state index contributed by atoms with van der Waals surface area (Å²) < 4.78 is 8.32. The van der Waals surface area contributed by atoms with Crippen molar-refractivity contribution in [1.82, 2.24) is 4.57 Å². The zero-order valence-electron chi connectivity index (χ0n) is 15.5. The van der Waals surface area contributed by atoms with Crippen LogP contribution in [0.2, 0.25) is 0 Å². The Morgan fingerprint density at radius 1 is 1.15 bits per heavy atom. The van der Waals surface area contributed by atoms with Gasteiger partial charge in [0.05, 0.1) is 23.7 Å². The number of hydrogen-bond acceptors (Lipinski definition) is 3. The van der Waals surface area contributed by atoms with Crippen LogP contribution in [0.4, 0.5) is 0 Å². The summed E-state index contributed by atoms with van der Waals surface area (Å²) in [7, 11) is 3.59. The summed E-state index contributed by atoms with van der Waals surface area (Å²) in [6, 6.07) is 14.0. The largest absolute Gasteiger partial charge is 0.497 e. The predicted octanol–water partition coefficient (Wildman–Crippen LogP) is 4.26. The maximum Gasteiger partial charge on any atom is 0.252 e. The number of carbonyl (C=O) groups is 1. The van der Waals surface area contributed by atoms with Gasteiger partial charge in [0.25, 0.3) is 5.91 Å². The monoisotopic (exact) mass is 368 g/mol. The number of thiazole rings is 1. The van der Waals surface area contributed by atoms with E-state index >= 15 is 0 Å². The van der Waals surface area contributed by atoms with Crippen molar-refractivity contribution in [1.29, 1.82) is 0 Å². The van der Waals surface area contributed by atoms with Crippen LogP contribution in [-0.4, -0.2) is 17.6 Å². The Bertz CT molecular complexity index is 968. The third-order valence-electron chi connectivity index (χ3n) is 4.43. The summed E-state index contributed by atoms with van der Waals surface area (Å²) >= 11 is 1.57. The molecule has 2 aromatic carbocycles. The van der Waals surface area contributed by atoms with E-state index in [1.807, 2.05) is 35.9 Å². The average Bonchev–Trinajstić information content (AvgIpc) is 2.95. The molecule has 136 valence electrons. The number of aryl methyl sites for hydroxylation is 2. The Hall–Kier alpha value is -2.40. The minimum atomic E-state index is -0.136. The maximum atomic E-state index is 12.4. The van der Waals surface area contributed by atoms with E-state index in [1.165, 1.54) is 23.1 Å². The number of aromatic nitrogens is 1. The zero-order valence-corrected chi connectivity index (χ0v) is 16.3. The highest BCUT2D eigenvalue weighted by Crippen LogP contribution is 2.19. The molecule has 0 saturated heterocycles. The maximum absolute atomic E-state index is 12.4. The van der Waals surface area contributed by atoms with E-state index in [4.69, 9.17) is 4.74 Å². The zero-order chi connectivity index (χ0) is 18.5. The van der Waals surface area contributed by atoms with Crippen LogP contribution in [-0.2, 0) is 24.7 Å². The lowest BCUT2D eigenvalue weighted by Gasteiger charge is -2.01. The molecule has 3 aromatic rings. The van der Waals surface area contributed by atoms with Crippen molar-refractivity contribution in [2.45, 2.75) is 32.6 Å². The molecule has 1 aromatic heterocycles. The van der Waals surface area contributed by atoms with Gasteiger partial charge in [-0.15, -0.1) is 0 Å². The van der Waals surface area contributed by atoms with E-state index in [1.54, 1.807) is 18.4 Å². The summed E-state index contributed by atoms with van der Waals surface area (Å²) in [5, 5.41) is 0. The van der Waals surface area contributed by atoms with E-state index in [2.05, 4.69) is 30.1 Å². The Kier molecular flexibility index (Phi) is 5.89. The lowest BCUT2D eigenvalue weighted by molar-refractivity contribution is -0.117. The fourth-order valence-electron chi connectivity index (χ4n) is 2.89. The average molecular weight is 369 g/mol. The van der Waals surface area contributed by atoms with Crippen LogP contribution >= 0.6 is 11.3 Å². The molecule has 0 aliphatic carbocycles. The number of hydrogen-bond donors (Lipinski definition) is 0. The van der Waals surface area contributed by atoms with E-state index in [0.29, 0.717) is 6.42 Å². The molecule has 0 fully saturated rings. The fraction of sp³-hybridized carbons (Fsp3) is 0.333. The highest BCUT2D eigenvalue weighted by atomic mass is 32.1. The molecule has 0 aliphatic heterocycles. The molecule has 0 N–H and O–H groups in total. The van der Waals surface area contributed by atoms with Gasteiger partial charge in [-0.25, -0.2) is 0 Å².